The molecule has 3 N–H and O–H groups in total. The summed E-state index contributed by atoms with van der Waals surface area (Å²) in [6.45, 7) is 1.78. The number of nitrogens with zero attached hydrogens (tertiary/aromatic N) is 1. The van der Waals surface area contributed by atoms with Gasteiger partial charge in [-0.05, 0) is 18.6 Å². The quantitative estimate of drug-likeness (QED) is 0.666. The van der Waals surface area contributed by atoms with Gasteiger partial charge in [0, 0.05) is 6.20 Å². The molecule has 1 aromatic heterocycles. The number of carboxylic acid groups (broad SMARTS) is 2. The summed E-state index contributed by atoms with van der Waals surface area (Å²) in [5.41, 5.74) is 1.34. The first kappa shape index (κ1) is 14.6. The lowest BCUT2D eigenvalue weighted by molar-refractivity contribution is -0.147. The van der Waals surface area contributed by atoms with E-state index in [-0.39, 0.29) is 6.42 Å². The normalized spacial score (nSPS) is 11.6. The van der Waals surface area contributed by atoms with Crippen molar-refractivity contribution in [2.45, 2.75) is 25.8 Å². The molecule has 0 radical (unpaired) electrons. The zero-order valence-electron chi connectivity index (χ0n) is 10.3. The molecule has 7 heteroatoms. The summed E-state index contributed by atoms with van der Waals surface area (Å²) < 4.78 is 0. The maximum Gasteiger partial charge on any atom is 0.326 e. The van der Waals surface area contributed by atoms with Crippen molar-refractivity contribution in [3.8, 4) is 0 Å². The zero-order valence-corrected chi connectivity index (χ0v) is 10.3. The smallest absolute Gasteiger partial charge is 0.326 e. The zero-order chi connectivity index (χ0) is 14.4. The number of nitrogens with one attached hydrogen (secondary N) is 1. The van der Waals surface area contributed by atoms with Crippen LogP contribution in [0.4, 0.5) is 0 Å². The molecular formula is C12H14N2O5. The van der Waals surface area contributed by atoms with Gasteiger partial charge in [0.1, 0.15) is 6.04 Å². The molecule has 0 unspecified atom stereocenters. The van der Waals surface area contributed by atoms with Crippen molar-refractivity contribution < 1.29 is 24.6 Å². The molecule has 1 amide bonds. The number of rotatable bonds is 6. The molecule has 1 atom stereocenters. The number of aromatic nitrogens is 1. The van der Waals surface area contributed by atoms with E-state index in [0.29, 0.717) is 5.69 Å². The highest BCUT2D eigenvalue weighted by Crippen LogP contribution is 2.04. The van der Waals surface area contributed by atoms with Gasteiger partial charge in [-0.25, -0.2) is 4.79 Å². The number of carbonyl (C=O) groups is 3. The van der Waals surface area contributed by atoms with Gasteiger partial charge < -0.3 is 15.5 Å². The van der Waals surface area contributed by atoms with Crippen molar-refractivity contribution in [2.75, 3.05) is 0 Å². The lowest BCUT2D eigenvalue weighted by atomic mass is 10.1. The Kier molecular flexibility index (Phi) is 4.99. The highest BCUT2D eigenvalue weighted by molar-refractivity contribution is 5.87. The van der Waals surface area contributed by atoms with Crippen LogP contribution in [-0.2, 0) is 20.8 Å². The van der Waals surface area contributed by atoms with Crippen molar-refractivity contribution >= 4 is 17.8 Å². The van der Waals surface area contributed by atoms with E-state index in [1.54, 1.807) is 19.1 Å². The molecule has 0 aliphatic carbocycles. The Morgan fingerprint density at radius 3 is 2.58 bits per heavy atom. The van der Waals surface area contributed by atoms with Gasteiger partial charge in [0.2, 0.25) is 5.91 Å². The molecular weight excluding hydrogens is 252 g/mol. The number of aryl methyl sites for hydroxylation is 1. The van der Waals surface area contributed by atoms with Crippen LogP contribution in [-0.4, -0.2) is 39.1 Å². The lowest BCUT2D eigenvalue weighted by Crippen LogP contribution is -2.43. The molecule has 1 rings (SSSR count). The molecule has 0 aromatic carbocycles. The van der Waals surface area contributed by atoms with E-state index in [2.05, 4.69) is 10.3 Å². The molecule has 1 aromatic rings. The molecule has 0 saturated carbocycles. The summed E-state index contributed by atoms with van der Waals surface area (Å²) in [6, 6.07) is 2.07. The monoisotopic (exact) mass is 266 g/mol. The molecule has 0 aliphatic rings. The Morgan fingerprint density at radius 2 is 2.05 bits per heavy atom. The van der Waals surface area contributed by atoms with Gasteiger partial charge in [-0.1, -0.05) is 6.07 Å². The second-order valence-electron chi connectivity index (χ2n) is 4.00. The third-order valence-electron chi connectivity index (χ3n) is 2.46. The summed E-state index contributed by atoms with van der Waals surface area (Å²) in [5.74, 6) is -3.24. The third kappa shape index (κ3) is 4.74. The van der Waals surface area contributed by atoms with Gasteiger partial charge in [0.05, 0.1) is 18.5 Å². The Balaban J connectivity index is 2.65. The number of aliphatic carboxylic acids is 2. The summed E-state index contributed by atoms with van der Waals surface area (Å²) in [4.78, 5) is 36.9. The Hall–Kier alpha value is -2.44. The fraction of sp³-hybridized carbons (Fsp3) is 0.333. The van der Waals surface area contributed by atoms with Crippen LogP contribution < -0.4 is 5.32 Å². The van der Waals surface area contributed by atoms with Crippen molar-refractivity contribution in [1.29, 1.82) is 0 Å². The van der Waals surface area contributed by atoms with E-state index in [1.165, 1.54) is 6.20 Å². The van der Waals surface area contributed by atoms with Crippen LogP contribution in [0.25, 0.3) is 0 Å². The second kappa shape index (κ2) is 6.48. The Labute approximate surface area is 109 Å². The molecule has 0 spiro atoms. The molecule has 0 bridgehead atoms. The number of hydrogen-bond acceptors (Lipinski definition) is 4. The topological polar surface area (TPSA) is 117 Å². The van der Waals surface area contributed by atoms with Gasteiger partial charge in [0.15, 0.2) is 0 Å². The fourth-order valence-corrected chi connectivity index (χ4v) is 1.48. The average Bonchev–Trinajstić information content (AvgIpc) is 2.30. The van der Waals surface area contributed by atoms with E-state index in [4.69, 9.17) is 10.2 Å². The van der Waals surface area contributed by atoms with E-state index in [1.807, 2.05) is 0 Å². The fourth-order valence-electron chi connectivity index (χ4n) is 1.48. The van der Waals surface area contributed by atoms with Crippen LogP contribution in [0.15, 0.2) is 18.3 Å². The first-order valence-electron chi connectivity index (χ1n) is 5.54. The summed E-state index contributed by atoms with van der Waals surface area (Å²) in [5, 5.41) is 19.5. The summed E-state index contributed by atoms with van der Waals surface area (Å²) >= 11 is 0. The maximum atomic E-state index is 11.7. The van der Waals surface area contributed by atoms with E-state index < -0.39 is 30.3 Å². The minimum Gasteiger partial charge on any atom is -0.481 e. The van der Waals surface area contributed by atoms with Crippen LogP contribution in [0.2, 0.25) is 0 Å². The number of carboxylic acids is 2. The molecule has 102 valence electrons. The van der Waals surface area contributed by atoms with Gasteiger partial charge >= 0.3 is 11.9 Å². The largest absolute Gasteiger partial charge is 0.481 e. The van der Waals surface area contributed by atoms with Crippen molar-refractivity contribution in [1.82, 2.24) is 10.3 Å². The van der Waals surface area contributed by atoms with Crippen LogP contribution in [0.1, 0.15) is 17.7 Å². The predicted octanol–water partition coefficient (Wildman–Crippen LogP) is -0.0234. The molecule has 0 fully saturated rings. The lowest BCUT2D eigenvalue weighted by Gasteiger charge is -2.12. The molecule has 7 nitrogen and oxygen atoms in total. The van der Waals surface area contributed by atoms with E-state index in [9.17, 15) is 14.4 Å². The number of amides is 1. The maximum absolute atomic E-state index is 11.7. The SMILES string of the molecule is Cc1cccnc1CC(=O)N[C@@H](CC(=O)O)C(=O)O. The van der Waals surface area contributed by atoms with Crippen molar-refractivity contribution in [2.24, 2.45) is 0 Å². The van der Waals surface area contributed by atoms with Gasteiger partial charge in [-0.2, -0.15) is 0 Å². The highest BCUT2D eigenvalue weighted by atomic mass is 16.4. The highest BCUT2D eigenvalue weighted by Gasteiger charge is 2.23. The van der Waals surface area contributed by atoms with Crippen LogP contribution in [0.3, 0.4) is 0 Å². The Morgan fingerprint density at radius 1 is 1.37 bits per heavy atom. The first-order chi connectivity index (χ1) is 8.90. The van der Waals surface area contributed by atoms with Crippen LogP contribution in [0, 0.1) is 6.92 Å². The minimum absolute atomic E-state index is 0.0872. The standard InChI is InChI=1S/C12H14N2O5/c1-7-3-2-4-13-8(7)5-10(15)14-9(12(18)19)6-11(16)17/h2-4,9H,5-6H2,1H3,(H,14,15)(H,16,17)(H,18,19)/t9-/m0/s1. The third-order valence-corrected chi connectivity index (χ3v) is 2.46. The number of pyridine rings is 1. The second-order valence-corrected chi connectivity index (χ2v) is 4.00. The van der Waals surface area contributed by atoms with Gasteiger partial charge in [-0.15, -0.1) is 0 Å². The Bertz CT molecular complexity index is 501. The number of hydrogen-bond donors (Lipinski definition) is 3. The first-order valence-corrected chi connectivity index (χ1v) is 5.54. The van der Waals surface area contributed by atoms with Crippen LogP contribution >= 0.6 is 0 Å². The van der Waals surface area contributed by atoms with E-state index >= 15 is 0 Å². The minimum atomic E-state index is -1.44. The average molecular weight is 266 g/mol. The summed E-state index contributed by atoms with van der Waals surface area (Å²) in [7, 11) is 0. The van der Waals surface area contributed by atoms with Gasteiger partial charge in [0.25, 0.3) is 0 Å². The van der Waals surface area contributed by atoms with Crippen molar-refractivity contribution in [3.05, 3.63) is 29.6 Å². The molecule has 0 aliphatic heterocycles. The van der Waals surface area contributed by atoms with Crippen molar-refractivity contribution in [3.63, 3.8) is 0 Å². The van der Waals surface area contributed by atoms with Crippen LogP contribution in [0.5, 0.6) is 0 Å². The molecule has 19 heavy (non-hydrogen) atoms. The number of carbonyl (C=O) groups excluding carboxylic acids is 1. The summed E-state index contributed by atoms with van der Waals surface area (Å²) in [6.07, 6.45) is 0.778. The molecule has 0 saturated heterocycles. The molecule has 1 heterocycles. The predicted molar refractivity (Wildman–Crippen MR) is 64.5 cm³/mol. The van der Waals surface area contributed by atoms with Gasteiger partial charge in [-0.3, -0.25) is 14.6 Å². The van der Waals surface area contributed by atoms with E-state index in [0.717, 1.165) is 5.56 Å².